The van der Waals surface area contributed by atoms with E-state index in [-0.39, 0.29) is 6.61 Å². The lowest BCUT2D eigenvalue weighted by Crippen LogP contribution is -2.47. The van der Waals surface area contributed by atoms with Crippen molar-refractivity contribution in [3.8, 4) is 0 Å². The fraction of sp³-hybridized carbons (Fsp3) is 0.667. The summed E-state index contributed by atoms with van der Waals surface area (Å²) in [5.41, 5.74) is 0.378. The fourth-order valence-corrected chi connectivity index (χ4v) is 3.82. The van der Waals surface area contributed by atoms with Crippen LogP contribution in [0, 0.1) is 0 Å². The molecule has 0 aliphatic carbocycles. The molecule has 0 fully saturated rings. The van der Waals surface area contributed by atoms with E-state index in [0.29, 0.717) is 24.5 Å². The van der Waals surface area contributed by atoms with E-state index >= 15 is 0 Å². The third-order valence-electron chi connectivity index (χ3n) is 2.90. The van der Waals surface area contributed by atoms with Crippen molar-refractivity contribution in [3.63, 3.8) is 0 Å². The Morgan fingerprint density at radius 1 is 1.32 bits per heavy atom. The lowest BCUT2D eigenvalue weighted by atomic mass is 10.3. The molecule has 0 spiro atoms. The highest BCUT2D eigenvalue weighted by Crippen LogP contribution is 2.20. The van der Waals surface area contributed by atoms with E-state index in [1.807, 2.05) is 6.92 Å². The molecule has 0 aromatic carbocycles. The number of esters is 1. The van der Waals surface area contributed by atoms with Crippen molar-refractivity contribution < 1.29 is 27.5 Å². The van der Waals surface area contributed by atoms with Gasteiger partial charge in [-0.2, -0.15) is 0 Å². The van der Waals surface area contributed by atoms with Crippen LogP contribution in [-0.4, -0.2) is 41.9 Å². The number of hydrogen-bond donors (Lipinski definition) is 0. The van der Waals surface area contributed by atoms with Crippen molar-refractivity contribution in [1.82, 2.24) is 0 Å². The molecule has 0 aromatic heterocycles. The first-order valence-corrected chi connectivity index (χ1v) is 9.25. The van der Waals surface area contributed by atoms with Gasteiger partial charge in [0.25, 0.3) is 0 Å². The molecule has 0 aliphatic rings. The van der Waals surface area contributed by atoms with Crippen LogP contribution < -0.4 is 0 Å². The summed E-state index contributed by atoms with van der Waals surface area (Å²) in [5.74, 6) is -0.398. The fourth-order valence-electron chi connectivity index (χ4n) is 1.75. The molecule has 0 amide bonds. The average Bonchev–Trinajstić information content (AvgIpc) is 2.50. The van der Waals surface area contributed by atoms with Gasteiger partial charge in [-0.3, -0.25) is 0 Å². The molecule has 0 saturated heterocycles. The highest BCUT2D eigenvalue weighted by molar-refractivity contribution is 6.60. The van der Waals surface area contributed by atoms with Gasteiger partial charge in [0, 0.05) is 32.3 Å². The standard InChI is InChI=1S/C15H28O6Si/c1-7-12-22(17-5,18-6)21-14(19-8-2)10-9-11-20-15(16)13(3)4/h8,14H,2-3,7,9-12H2,1,4-6H3. The zero-order chi connectivity index (χ0) is 17.0. The number of carbonyl (C=O) groups excluding carboxylic acids is 1. The molecule has 0 aliphatic heterocycles. The molecular weight excluding hydrogens is 304 g/mol. The quantitative estimate of drug-likeness (QED) is 0.129. The number of ether oxygens (including phenoxy) is 2. The second kappa shape index (κ2) is 11.4. The summed E-state index contributed by atoms with van der Waals surface area (Å²) in [6, 6.07) is 0.696. The van der Waals surface area contributed by atoms with Gasteiger partial charge < -0.3 is 22.8 Å². The minimum Gasteiger partial charge on any atom is -0.474 e. The van der Waals surface area contributed by atoms with Crippen LogP contribution in [0.3, 0.4) is 0 Å². The minimum absolute atomic E-state index is 0.272. The Hall–Kier alpha value is -1.15. The zero-order valence-corrected chi connectivity index (χ0v) is 15.1. The Labute approximate surface area is 134 Å². The maximum absolute atomic E-state index is 11.3. The monoisotopic (exact) mass is 332 g/mol. The Morgan fingerprint density at radius 3 is 2.41 bits per heavy atom. The third-order valence-corrected chi connectivity index (χ3v) is 5.88. The predicted molar refractivity (Wildman–Crippen MR) is 86.0 cm³/mol. The second-order valence-electron chi connectivity index (χ2n) is 4.75. The molecule has 22 heavy (non-hydrogen) atoms. The smallest absolute Gasteiger partial charge is 0.474 e. The van der Waals surface area contributed by atoms with Crippen molar-refractivity contribution in [1.29, 1.82) is 0 Å². The van der Waals surface area contributed by atoms with Crippen LogP contribution in [0.1, 0.15) is 33.1 Å². The summed E-state index contributed by atoms with van der Waals surface area (Å²) < 4.78 is 27.2. The molecule has 0 rings (SSSR count). The van der Waals surface area contributed by atoms with Gasteiger partial charge in [-0.1, -0.05) is 26.5 Å². The maximum atomic E-state index is 11.3. The second-order valence-corrected chi connectivity index (χ2v) is 7.67. The number of hydrogen-bond acceptors (Lipinski definition) is 6. The molecule has 7 heteroatoms. The summed E-state index contributed by atoms with van der Waals surface area (Å²) in [5, 5.41) is 0. The highest BCUT2D eigenvalue weighted by Gasteiger charge is 2.41. The number of rotatable bonds is 13. The van der Waals surface area contributed by atoms with Crippen LogP contribution >= 0.6 is 0 Å². The number of carbonyl (C=O) groups is 1. The molecule has 0 radical (unpaired) electrons. The molecule has 6 nitrogen and oxygen atoms in total. The van der Waals surface area contributed by atoms with E-state index in [9.17, 15) is 4.79 Å². The van der Waals surface area contributed by atoms with E-state index in [1.54, 1.807) is 21.1 Å². The summed E-state index contributed by atoms with van der Waals surface area (Å²) in [6.07, 6.45) is 2.77. The molecule has 0 N–H and O–H groups in total. The van der Waals surface area contributed by atoms with E-state index in [2.05, 4.69) is 13.2 Å². The van der Waals surface area contributed by atoms with Crippen LogP contribution in [-0.2, 0) is 27.5 Å². The van der Waals surface area contributed by atoms with Gasteiger partial charge in [-0.25, -0.2) is 4.79 Å². The summed E-state index contributed by atoms with van der Waals surface area (Å²) >= 11 is 0. The van der Waals surface area contributed by atoms with Crippen LogP contribution in [0.2, 0.25) is 6.04 Å². The van der Waals surface area contributed by atoms with E-state index < -0.39 is 21.1 Å². The Bertz CT molecular complexity index is 354. The predicted octanol–water partition coefficient (Wildman–Crippen LogP) is 3.03. The Kier molecular flexibility index (Phi) is 10.8. The normalized spacial score (nSPS) is 12.5. The van der Waals surface area contributed by atoms with Crippen LogP contribution in [0.4, 0.5) is 0 Å². The van der Waals surface area contributed by atoms with E-state index in [1.165, 1.54) is 6.26 Å². The van der Waals surface area contributed by atoms with Crippen LogP contribution in [0.15, 0.2) is 25.0 Å². The van der Waals surface area contributed by atoms with Gasteiger partial charge in [0.15, 0.2) is 6.29 Å². The van der Waals surface area contributed by atoms with Crippen molar-refractivity contribution >= 4 is 14.8 Å². The summed E-state index contributed by atoms with van der Waals surface area (Å²) in [6.45, 7) is 11.0. The molecule has 0 saturated carbocycles. The van der Waals surface area contributed by atoms with Gasteiger partial charge in [0.1, 0.15) is 0 Å². The molecule has 1 atom stereocenters. The average molecular weight is 332 g/mol. The Morgan fingerprint density at radius 2 is 1.95 bits per heavy atom. The topological polar surface area (TPSA) is 63.2 Å². The van der Waals surface area contributed by atoms with Crippen molar-refractivity contribution in [2.24, 2.45) is 0 Å². The van der Waals surface area contributed by atoms with E-state index in [4.69, 9.17) is 22.8 Å². The molecular formula is C15H28O6Si. The lowest BCUT2D eigenvalue weighted by molar-refractivity contribution is -0.140. The molecule has 1 unspecified atom stereocenters. The third kappa shape index (κ3) is 7.74. The van der Waals surface area contributed by atoms with Gasteiger partial charge in [-0.15, -0.1) is 0 Å². The van der Waals surface area contributed by atoms with Crippen molar-refractivity contribution in [2.45, 2.75) is 45.4 Å². The van der Waals surface area contributed by atoms with Crippen molar-refractivity contribution in [3.05, 3.63) is 25.0 Å². The highest BCUT2D eigenvalue weighted by atomic mass is 28.4. The van der Waals surface area contributed by atoms with Crippen LogP contribution in [0.5, 0.6) is 0 Å². The van der Waals surface area contributed by atoms with E-state index in [0.717, 1.165) is 6.42 Å². The SMILES string of the molecule is C=COC(CCCOC(=O)C(=C)C)O[Si](CCC)(OC)OC. The first-order chi connectivity index (χ1) is 10.4. The van der Waals surface area contributed by atoms with Gasteiger partial charge in [0.2, 0.25) is 0 Å². The summed E-state index contributed by atoms with van der Waals surface area (Å²) in [7, 11) is 0.410. The maximum Gasteiger partial charge on any atom is 0.503 e. The molecule has 0 heterocycles. The minimum atomic E-state index is -2.74. The lowest BCUT2D eigenvalue weighted by Gasteiger charge is -2.30. The molecule has 0 bridgehead atoms. The first-order valence-electron chi connectivity index (χ1n) is 7.31. The molecule has 128 valence electrons. The van der Waals surface area contributed by atoms with Crippen LogP contribution in [0.25, 0.3) is 0 Å². The Balaban J connectivity index is 4.43. The largest absolute Gasteiger partial charge is 0.503 e. The van der Waals surface area contributed by atoms with Gasteiger partial charge in [0.05, 0.1) is 12.9 Å². The molecule has 0 aromatic rings. The summed E-state index contributed by atoms with van der Waals surface area (Å²) in [4.78, 5) is 11.3. The van der Waals surface area contributed by atoms with Gasteiger partial charge >= 0.3 is 14.8 Å². The van der Waals surface area contributed by atoms with Crippen molar-refractivity contribution in [2.75, 3.05) is 20.8 Å². The van der Waals surface area contributed by atoms with Gasteiger partial charge in [-0.05, 0) is 13.3 Å². The first kappa shape index (κ1) is 20.8. The zero-order valence-electron chi connectivity index (χ0n) is 14.1.